The summed E-state index contributed by atoms with van der Waals surface area (Å²) in [7, 11) is 0. The number of halogens is 1. The van der Waals surface area contributed by atoms with Crippen molar-refractivity contribution >= 4 is 40.8 Å². The van der Waals surface area contributed by atoms with Gasteiger partial charge in [-0.25, -0.2) is 15.0 Å². The topological polar surface area (TPSA) is 98.4 Å². The van der Waals surface area contributed by atoms with E-state index in [0.29, 0.717) is 10.8 Å². The van der Waals surface area contributed by atoms with E-state index >= 15 is 0 Å². The maximum absolute atomic E-state index is 6.81. The second-order valence-electron chi connectivity index (χ2n) is 9.22. The van der Waals surface area contributed by atoms with Crippen molar-refractivity contribution in [1.82, 2.24) is 19.4 Å². The van der Waals surface area contributed by atoms with Crippen molar-refractivity contribution in [3.8, 4) is 12.3 Å². The molecule has 0 bridgehead atoms. The molecule has 9 heteroatoms. The average molecular weight is 502 g/mol. The number of hydrogen-bond acceptors (Lipinski definition) is 7. The first-order valence-electron chi connectivity index (χ1n) is 11.5. The van der Waals surface area contributed by atoms with Gasteiger partial charge in [-0.1, -0.05) is 35.3 Å². The number of rotatable bonds is 3. The molecule has 4 N–H and O–H groups in total. The molecule has 4 aromatic rings. The molecular formula is C26H24ClN7S. The van der Waals surface area contributed by atoms with Crippen LogP contribution in [0.15, 0.2) is 58.8 Å². The Morgan fingerprint density at radius 3 is 2.74 bits per heavy atom. The van der Waals surface area contributed by atoms with Gasteiger partial charge in [0.25, 0.3) is 0 Å². The zero-order chi connectivity index (χ0) is 24.2. The van der Waals surface area contributed by atoms with E-state index in [1.165, 1.54) is 22.9 Å². The summed E-state index contributed by atoms with van der Waals surface area (Å²) in [6, 6.07) is 8.12. The number of pyridine rings is 1. The van der Waals surface area contributed by atoms with Crippen LogP contribution in [-0.2, 0) is 6.42 Å². The van der Waals surface area contributed by atoms with E-state index in [-0.39, 0.29) is 11.5 Å². The van der Waals surface area contributed by atoms with Gasteiger partial charge in [0.1, 0.15) is 5.82 Å². The van der Waals surface area contributed by atoms with Crippen LogP contribution in [0.25, 0.3) is 5.65 Å². The Labute approximate surface area is 212 Å². The zero-order valence-electron chi connectivity index (χ0n) is 19.0. The number of piperidine rings is 1. The standard InChI is InChI=1S/C26H24ClN7S/c1-2-16-3-4-17-14-26(22(28)18(17)13-16)6-10-33(11-7-26)25-32-15-20(24-31-9-12-34(24)25)35-19-5-8-30-23(29)21(19)27/h1,3-5,8-9,12-13,15,22H,6-7,10-11,14,28H2,(H2,29,30)/t22-/m1/s1. The predicted octanol–water partition coefficient (Wildman–Crippen LogP) is 4.34. The van der Waals surface area contributed by atoms with Crippen LogP contribution in [0, 0.1) is 17.8 Å². The highest BCUT2D eigenvalue weighted by atomic mass is 35.5. The predicted molar refractivity (Wildman–Crippen MR) is 140 cm³/mol. The van der Waals surface area contributed by atoms with Crippen molar-refractivity contribution in [3.63, 3.8) is 0 Å². The van der Waals surface area contributed by atoms with E-state index in [1.54, 1.807) is 12.4 Å². The van der Waals surface area contributed by atoms with Gasteiger partial charge in [-0.05, 0) is 54.0 Å². The molecule has 176 valence electrons. The molecule has 7 nitrogen and oxygen atoms in total. The van der Waals surface area contributed by atoms with Gasteiger partial charge in [0.05, 0.1) is 9.92 Å². The van der Waals surface area contributed by atoms with E-state index in [2.05, 4.69) is 32.9 Å². The molecule has 0 saturated carbocycles. The van der Waals surface area contributed by atoms with E-state index in [9.17, 15) is 0 Å². The third-order valence-corrected chi connectivity index (χ3v) is 8.94. The maximum atomic E-state index is 6.81. The van der Waals surface area contributed by atoms with Crippen LogP contribution < -0.4 is 16.4 Å². The molecular weight excluding hydrogens is 478 g/mol. The molecule has 1 fully saturated rings. The summed E-state index contributed by atoms with van der Waals surface area (Å²) in [5, 5.41) is 0.441. The summed E-state index contributed by atoms with van der Waals surface area (Å²) >= 11 is 7.84. The number of nitrogen functional groups attached to an aromatic ring is 1. The number of fused-ring (bicyclic) bond motifs is 2. The maximum Gasteiger partial charge on any atom is 0.211 e. The van der Waals surface area contributed by atoms with E-state index in [0.717, 1.165) is 59.3 Å². The average Bonchev–Trinajstić information content (AvgIpc) is 3.47. The Kier molecular flexibility index (Phi) is 5.37. The van der Waals surface area contributed by atoms with Crippen molar-refractivity contribution < 1.29 is 0 Å². The molecule has 0 amide bonds. The number of nitrogens with two attached hydrogens (primary N) is 2. The first-order valence-corrected chi connectivity index (χ1v) is 12.7. The van der Waals surface area contributed by atoms with E-state index < -0.39 is 0 Å². The molecule has 1 atom stereocenters. The SMILES string of the molecule is C#Cc1ccc2c(c1)[C@@H](N)C1(CCN(c3ncc(Sc4ccnc(N)c4Cl)c4nccn34)CC1)C2. The molecule has 1 saturated heterocycles. The minimum absolute atomic E-state index is 0.00509. The van der Waals surface area contributed by atoms with Gasteiger partial charge in [0.2, 0.25) is 5.95 Å². The smallest absolute Gasteiger partial charge is 0.211 e. The number of nitrogens with zero attached hydrogens (tertiary/aromatic N) is 5. The fraction of sp³-hybridized carbons (Fsp3) is 0.269. The Morgan fingerprint density at radius 2 is 1.94 bits per heavy atom. The minimum atomic E-state index is 0.00509. The lowest BCUT2D eigenvalue weighted by atomic mass is 9.73. The summed E-state index contributed by atoms with van der Waals surface area (Å²) in [5.41, 5.74) is 17.0. The summed E-state index contributed by atoms with van der Waals surface area (Å²) in [6.45, 7) is 1.76. The molecule has 1 aromatic carbocycles. The van der Waals surface area contributed by atoms with Crippen molar-refractivity contribution in [2.75, 3.05) is 23.7 Å². The first-order chi connectivity index (χ1) is 17.0. The number of aromatic nitrogens is 4. The third-order valence-electron chi connectivity index (χ3n) is 7.37. The summed E-state index contributed by atoms with van der Waals surface area (Å²) in [5.74, 6) is 3.93. The molecule has 3 aromatic heterocycles. The van der Waals surface area contributed by atoms with Crippen LogP contribution in [-0.4, -0.2) is 32.4 Å². The summed E-state index contributed by atoms with van der Waals surface area (Å²) in [4.78, 5) is 17.5. The van der Waals surface area contributed by atoms with Gasteiger partial charge < -0.3 is 16.4 Å². The summed E-state index contributed by atoms with van der Waals surface area (Å²) < 4.78 is 2.04. The number of anilines is 2. The van der Waals surface area contributed by atoms with Crippen LogP contribution in [0.1, 0.15) is 35.6 Å². The number of benzene rings is 1. The number of hydrogen-bond donors (Lipinski definition) is 2. The first kappa shape index (κ1) is 22.2. The Balaban J connectivity index is 1.24. The van der Waals surface area contributed by atoms with Crippen molar-refractivity contribution in [2.45, 2.75) is 35.1 Å². The molecule has 0 unspecified atom stereocenters. The summed E-state index contributed by atoms with van der Waals surface area (Å²) in [6.07, 6.45) is 15.9. The molecule has 1 spiro atoms. The fourth-order valence-electron chi connectivity index (χ4n) is 5.42. The number of imidazole rings is 1. The van der Waals surface area contributed by atoms with Gasteiger partial charge >= 0.3 is 0 Å². The highest BCUT2D eigenvalue weighted by molar-refractivity contribution is 7.99. The normalized spacial score (nSPS) is 18.7. The van der Waals surface area contributed by atoms with Crippen LogP contribution in [0.5, 0.6) is 0 Å². The largest absolute Gasteiger partial charge is 0.382 e. The second kappa shape index (κ2) is 8.45. The van der Waals surface area contributed by atoms with E-state index in [4.69, 9.17) is 34.5 Å². The zero-order valence-corrected chi connectivity index (χ0v) is 20.6. The molecule has 6 rings (SSSR count). The van der Waals surface area contributed by atoms with Crippen molar-refractivity contribution in [2.24, 2.45) is 11.1 Å². The number of terminal acetylenes is 1. The Hall–Kier alpha value is -3.25. The third kappa shape index (κ3) is 3.62. The molecule has 2 aliphatic rings. The lowest BCUT2D eigenvalue weighted by Gasteiger charge is -2.42. The highest BCUT2D eigenvalue weighted by Crippen LogP contribution is 2.51. The highest BCUT2D eigenvalue weighted by Gasteiger charge is 2.46. The molecule has 0 radical (unpaired) electrons. The van der Waals surface area contributed by atoms with Gasteiger partial charge in [-0.2, -0.15) is 0 Å². The fourth-order valence-corrected chi connectivity index (χ4v) is 6.56. The van der Waals surface area contributed by atoms with Crippen LogP contribution in [0.2, 0.25) is 5.02 Å². The molecule has 1 aliphatic heterocycles. The molecule has 4 heterocycles. The van der Waals surface area contributed by atoms with Gasteiger partial charge in [0, 0.05) is 54.4 Å². The van der Waals surface area contributed by atoms with Crippen LogP contribution in [0.4, 0.5) is 11.8 Å². The quantitative estimate of drug-likeness (QED) is 0.403. The van der Waals surface area contributed by atoms with Crippen molar-refractivity contribution in [3.05, 3.63) is 70.8 Å². The van der Waals surface area contributed by atoms with Crippen molar-refractivity contribution in [1.29, 1.82) is 0 Å². The Bertz CT molecular complexity index is 1480. The van der Waals surface area contributed by atoms with Gasteiger partial charge in [-0.3, -0.25) is 4.40 Å². The second-order valence-corrected chi connectivity index (χ2v) is 10.7. The molecule has 1 aliphatic carbocycles. The van der Waals surface area contributed by atoms with Crippen LogP contribution in [0.3, 0.4) is 0 Å². The van der Waals surface area contributed by atoms with Gasteiger partial charge in [-0.15, -0.1) is 6.42 Å². The van der Waals surface area contributed by atoms with Gasteiger partial charge in [0.15, 0.2) is 5.65 Å². The Morgan fingerprint density at radius 1 is 1.11 bits per heavy atom. The van der Waals surface area contributed by atoms with Crippen LogP contribution >= 0.6 is 23.4 Å². The lowest BCUT2D eigenvalue weighted by Crippen LogP contribution is -2.45. The lowest BCUT2D eigenvalue weighted by molar-refractivity contribution is 0.186. The minimum Gasteiger partial charge on any atom is -0.382 e. The molecule has 35 heavy (non-hydrogen) atoms. The monoisotopic (exact) mass is 501 g/mol. The van der Waals surface area contributed by atoms with E-state index in [1.807, 2.05) is 28.9 Å².